The number of aryl methyl sites for hydroxylation is 2. The van der Waals surface area contributed by atoms with Gasteiger partial charge in [-0.15, -0.1) is 11.3 Å². The van der Waals surface area contributed by atoms with E-state index in [2.05, 4.69) is 30.4 Å². The Bertz CT molecular complexity index is 1160. The van der Waals surface area contributed by atoms with Gasteiger partial charge < -0.3 is 10.1 Å². The molecule has 0 saturated heterocycles. The van der Waals surface area contributed by atoms with Gasteiger partial charge in [0, 0.05) is 16.8 Å². The summed E-state index contributed by atoms with van der Waals surface area (Å²) in [7, 11) is 1.61. The summed E-state index contributed by atoms with van der Waals surface area (Å²) < 4.78 is 6.38. The molecule has 0 atom stereocenters. The minimum Gasteiger partial charge on any atom is -0.497 e. The molecule has 1 N–H and O–H groups in total. The quantitative estimate of drug-likeness (QED) is 0.478. The average molecular weight is 388 g/mol. The molecule has 1 amide bonds. The molecule has 0 radical (unpaired) electrons. The monoisotopic (exact) mass is 388 g/mol. The largest absolute Gasteiger partial charge is 0.497 e. The first-order chi connectivity index (χ1) is 13.5. The van der Waals surface area contributed by atoms with Gasteiger partial charge in [0.2, 0.25) is 0 Å². The predicted octanol–water partition coefficient (Wildman–Crippen LogP) is 5.84. The molecule has 0 bridgehead atoms. The van der Waals surface area contributed by atoms with Gasteiger partial charge in [0.1, 0.15) is 10.8 Å². The van der Waals surface area contributed by atoms with E-state index in [-0.39, 0.29) is 5.91 Å². The lowest BCUT2D eigenvalue weighted by atomic mass is 10.1. The summed E-state index contributed by atoms with van der Waals surface area (Å²) in [5.41, 5.74) is 5.54. The number of benzene rings is 3. The summed E-state index contributed by atoms with van der Waals surface area (Å²) in [5.74, 6) is 0.604. The third kappa shape index (κ3) is 3.62. The molecule has 0 aliphatic rings. The Morgan fingerprint density at radius 3 is 2.50 bits per heavy atom. The van der Waals surface area contributed by atoms with Crippen LogP contribution in [0.2, 0.25) is 0 Å². The second-order valence-corrected chi connectivity index (χ2v) is 7.73. The summed E-state index contributed by atoms with van der Waals surface area (Å²) in [5, 5.41) is 3.93. The number of ether oxygens (including phenoxy) is 1. The summed E-state index contributed by atoms with van der Waals surface area (Å²) >= 11 is 1.68. The van der Waals surface area contributed by atoms with Crippen LogP contribution >= 0.6 is 11.3 Å². The van der Waals surface area contributed by atoms with Gasteiger partial charge in [-0.1, -0.05) is 6.07 Å². The van der Waals surface area contributed by atoms with Gasteiger partial charge >= 0.3 is 0 Å². The number of nitrogens with one attached hydrogen (secondary N) is 1. The minimum absolute atomic E-state index is 0.136. The zero-order chi connectivity index (χ0) is 19.7. The van der Waals surface area contributed by atoms with Crippen molar-refractivity contribution in [1.82, 2.24) is 4.98 Å². The number of aromatic nitrogens is 1. The zero-order valence-corrected chi connectivity index (χ0v) is 16.8. The SMILES string of the molecule is COc1ccc(C(=O)Nc2ccc(-c3nc4ccc(C)cc4s3)cc2)c(C)c1. The number of anilines is 1. The number of thiazole rings is 1. The highest BCUT2D eigenvalue weighted by atomic mass is 32.1. The van der Waals surface area contributed by atoms with E-state index in [9.17, 15) is 4.79 Å². The zero-order valence-electron chi connectivity index (χ0n) is 15.9. The molecule has 140 valence electrons. The molecule has 28 heavy (non-hydrogen) atoms. The highest BCUT2D eigenvalue weighted by molar-refractivity contribution is 7.21. The number of amides is 1. The molecule has 0 saturated carbocycles. The van der Waals surface area contributed by atoms with E-state index in [1.807, 2.05) is 37.3 Å². The summed E-state index contributed by atoms with van der Waals surface area (Å²) in [4.78, 5) is 17.3. The van der Waals surface area contributed by atoms with E-state index in [0.29, 0.717) is 5.56 Å². The maximum Gasteiger partial charge on any atom is 0.255 e. The van der Waals surface area contributed by atoms with E-state index >= 15 is 0 Å². The van der Waals surface area contributed by atoms with Crippen molar-refractivity contribution in [2.45, 2.75) is 13.8 Å². The molecule has 4 aromatic rings. The lowest BCUT2D eigenvalue weighted by Gasteiger charge is -2.09. The second-order valence-electron chi connectivity index (χ2n) is 6.70. The van der Waals surface area contributed by atoms with E-state index in [1.165, 1.54) is 10.3 Å². The molecular formula is C23H20N2O2S. The second kappa shape index (κ2) is 7.44. The van der Waals surface area contributed by atoms with Crippen molar-refractivity contribution in [3.63, 3.8) is 0 Å². The van der Waals surface area contributed by atoms with Crippen LogP contribution in [0.15, 0.2) is 60.7 Å². The molecule has 4 rings (SSSR count). The van der Waals surface area contributed by atoms with Crippen LogP contribution in [0.25, 0.3) is 20.8 Å². The molecule has 0 unspecified atom stereocenters. The first-order valence-electron chi connectivity index (χ1n) is 8.97. The van der Waals surface area contributed by atoms with Crippen molar-refractivity contribution in [2.75, 3.05) is 12.4 Å². The molecule has 1 aromatic heterocycles. The Morgan fingerprint density at radius 1 is 1.00 bits per heavy atom. The molecule has 5 heteroatoms. The predicted molar refractivity (Wildman–Crippen MR) is 115 cm³/mol. The molecule has 4 nitrogen and oxygen atoms in total. The number of methoxy groups -OCH3 is 1. The third-order valence-electron chi connectivity index (χ3n) is 4.61. The fraction of sp³-hybridized carbons (Fsp3) is 0.130. The fourth-order valence-corrected chi connectivity index (χ4v) is 4.14. The minimum atomic E-state index is -0.136. The van der Waals surface area contributed by atoms with E-state index in [4.69, 9.17) is 9.72 Å². The summed E-state index contributed by atoms with van der Waals surface area (Å²) in [6, 6.07) is 19.5. The first kappa shape index (κ1) is 18.2. The van der Waals surface area contributed by atoms with Crippen molar-refractivity contribution in [3.05, 3.63) is 77.4 Å². The van der Waals surface area contributed by atoms with Crippen LogP contribution in [0.4, 0.5) is 5.69 Å². The van der Waals surface area contributed by atoms with Crippen LogP contribution in [0.1, 0.15) is 21.5 Å². The standard InChI is InChI=1S/C23H20N2O2S/c1-14-4-11-20-21(12-14)28-23(25-20)16-5-7-17(8-6-16)24-22(26)19-10-9-18(27-3)13-15(19)2/h4-13H,1-3H3,(H,24,26). The Morgan fingerprint density at radius 2 is 1.79 bits per heavy atom. The number of rotatable bonds is 4. The van der Waals surface area contributed by atoms with Gasteiger partial charge in [0.25, 0.3) is 5.91 Å². The number of fused-ring (bicyclic) bond motifs is 1. The van der Waals surface area contributed by atoms with Gasteiger partial charge in [0.05, 0.1) is 17.3 Å². The van der Waals surface area contributed by atoms with Crippen LogP contribution in [-0.2, 0) is 0 Å². The van der Waals surface area contributed by atoms with Crippen LogP contribution in [0.3, 0.4) is 0 Å². The van der Waals surface area contributed by atoms with Gasteiger partial charge in [0.15, 0.2) is 0 Å². The molecule has 0 aliphatic carbocycles. The van der Waals surface area contributed by atoms with Crippen LogP contribution in [0, 0.1) is 13.8 Å². The van der Waals surface area contributed by atoms with Crippen molar-refractivity contribution in [1.29, 1.82) is 0 Å². The van der Waals surface area contributed by atoms with Gasteiger partial charge in [-0.3, -0.25) is 4.79 Å². The smallest absolute Gasteiger partial charge is 0.255 e. The Labute approximate surface area is 167 Å². The number of nitrogens with zero attached hydrogens (tertiary/aromatic N) is 1. The fourth-order valence-electron chi connectivity index (χ4n) is 3.07. The van der Waals surface area contributed by atoms with Crippen molar-refractivity contribution in [2.24, 2.45) is 0 Å². The Kier molecular flexibility index (Phi) is 4.84. The van der Waals surface area contributed by atoms with Crippen molar-refractivity contribution < 1.29 is 9.53 Å². The third-order valence-corrected chi connectivity index (χ3v) is 5.68. The van der Waals surface area contributed by atoms with Crippen LogP contribution in [-0.4, -0.2) is 18.0 Å². The Balaban J connectivity index is 1.53. The molecule has 3 aromatic carbocycles. The molecule has 0 fully saturated rings. The van der Waals surface area contributed by atoms with Gasteiger partial charge in [-0.05, 0) is 79.6 Å². The maximum absolute atomic E-state index is 12.6. The lowest BCUT2D eigenvalue weighted by Crippen LogP contribution is -2.13. The highest BCUT2D eigenvalue weighted by Gasteiger charge is 2.11. The van der Waals surface area contributed by atoms with E-state index < -0.39 is 0 Å². The summed E-state index contributed by atoms with van der Waals surface area (Å²) in [6.45, 7) is 3.98. The van der Waals surface area contributed by atoms with Crippen molar-refractivity contribution in [3.8, 4) is 16.3 Å². The van der Waals surface area contributed by atoms with Crippen LogP contribution < -0.4 is 10.1 Å². The first-order valence-corrected chi connectivity index (χ1v) is 9.79. The van der Waals surface area contributed by atoms with E-state index in [0.717, 1.165) is 33.1 Å². The highest BCUT2D eigenvalue weighted by Crippen LogP contribution is 2.31. The average Bonchev–Trinajstić information content (AvgIpc) is 3.11. The molecule has 0 aliphatic heterocycles. The number of hydrogen-bond acceptors (Lipinski definition) is 4. The number of carbonyl (C=O) groups excluding carboxylic acids is 1. The summed E-state index contributed by atoms with van der Waals surface area (Å²) in [6.07, 6.45) is 0. The molecular weight excluding hydrogens is 368 g/mol. The normalized spacial score (nSPS) is 10.8. The number of hydrogen-bond donors (Lipinski definition) is 1. The molecule has 0 spiro atoms. The number of carbonyl (C=O) groups is 1. The Hall–Kier alpha value is -3.18. The van der Waals surface area contributed by atoms with Crippen molar-refractivity contribution >= 4 is 33.1 Å². The van der Waals surface area contributed by atoms with Crippen LogP contribution in [0.5, 0.6) is 5.75 Å². The molecule has 1 heterocycles. The maximum atomic E-state index is 12.6. The lowest BCUT2D eigenvalue weighted by molar-refractivity contribution is 0.102. The van der Waals surface area contributed by atoms with E-state index in [1.54, 1.807) is 30.6 Å². The van der Waals surface area contributed by atoms with Gasteiger partial charge in [-0.25, -0.2) is 4.98 Å². The topological polar surface area (TPSA) is 51.2 Å². The van der Waals surface area contributed by atoms with Gasteiger partial charge in [-0.2, -0.15) is 0 Å².